The van der Waals surface area contributed by atoms with E-state index in [-0.39, 0.29) is 0 Å². The highest BCUT2D eigenvalue weighted by Crippen LogP contribution is 2.45. The monoisotopic (exact) mass is 370 g/mol. The van der Waals surface area contributed by atoms with Gasteiger partial charge in [0.25, 0.3) is 0 Å². The van der Waals surface area contributed by atoms with Gasteiger partial charge in [-0.2, -0.15) is 0 Å². The molecule has 0 amide bonds. The second-order valence-corrected chi connectivity index (χ2v) is 7.55. The van der Waals surface area contributed by atoms with Crippen LogP contribution in [0.5, 0.6) is 0 Å². The van der Waals surface area contributed by atoms with Gasteiger partial charge in [0.1, 0.15) is 0 Å². The second-order valence-electron chi connectivity index (χ2n) is 5.98. The quantitative estimate of drug-likeness (QED) is 0.364. The summed E-state index contributed by atoms with van der Waals surface area (Å²) < 4.78 is 0. The van der Waals surface area contributed by atoms with Crippen LogP contribution in [0.3, 0.4) is 0 Å². The predicted molar refractivity (Wildman–Crippen MR) is 115 cm³/mol. The molecule has 0 bridgehead atoms. The zero-order valence-corrected chi connectivity index (χ0v) is 15.9. The van der Waals surface area contributed by atoms with Crippen molar-refractivity contribution in [2.75, 3.05) is 0 Å². The Labute approximate surface area is 164 Å². The average Bonchev–Trinajstić information content (AvgIpc) is 2.71. The Balaban J connectivity index is 1.95. The lowest BCUT2D eigenvalue weighted by molar-refractivity contribution is 1.25. The van der Waals surface area contributed by atoms with Gasteiger partial charge >= 0.3 is 0 Å². The number of hydrogen-bond acceptors (Lipinski definition) is 2. The lowest BCUT2D eigenvalue weighted by atomic mass is 9.94. The Morgan fingerprint density at radius 2 is 1.08 bits per heavy atom. The van der Waals surface area contributed by atoms with Crippen molar-refractivity contribution in [1.29, 1.82) is 0 Å². The summed E-state index contributed by atoms with van der Waals surface area (Å²) in [5, 5.41) is 0. The van der Waals surface area contributed by atoms with Crippen molar-refractivity contribution in [2.45, 2.75) is 14.7 Å². The molecule has 0 saturated heterocycles. The molecule has 0 aromatic heterocycles. The predicted octanol–water partition coefficient (Wildman–Crippen LogP) is 7.46. The van der Waals surface area contributed by atoms with E-state index >= 15 is 0 Å². The summed E-state index contributed by atoms with van der Waals surface area (Å²) in [5.41, 5.74) is 4.89. The third kappa shape index (κ3) is 3.57. The molecule has 4 aromatic carbocycles. The van der Waals surface area contributed by atoms with E-state index in [2.05, 4.69) is 97.1 Å². The molecule has 126 valence electrons. The minimum Gasteiger partial charge on any atom is -0.142 e. The summed E-state index contributed by atoms with van der Waals surface area (Å²) in [7, 11) is 0. The van der Waals surface area contributed by atoms with Gasteiger partial charge in [-0.25, -0.2) is 0 Å². The number of rotatable bonds is 4. The molecular formula is C24H18S2. The highest BCUT2D eigenvalue weighted by atomic mass is 32.2. The molecule has 4 rings (SSSR count). The Bertz CT molecular complexity index is 994. The standard InChI is InChI=1S/C24H18S2/c25-22-17-16-21(18-10-4-1-5-11-18)23(19-12-6-2-7-13-19)24(22)26-20-14-8-3-9-15-20/h1-17,25H. The van der Waals surface area contributed by atoms with Crippen molar-refractivity contribution in [3.63, 3.8) is 0 Å². The maximum atomic E-state index is 4.79. The molecular weight excluding hydrogens is 352 g/mol. The Kier molecular flexibility index (Phi) is 5.14. The molecule has 0 spiro atoms. The first-order valence-corrected chi connectivity index (χ1v) is 9.79. The first kappa shape index (κ1) is 17.0. The number of benzene rings is 4. The third-order valence-corrected chi connectivity index (χ3v) is 5.91. The van der Waals surface area contributed by atoms with Crippen molar-refractivity contribution in [2.24, 2.45) is 0 Å². The number of thiol groups is 1. The molecule has 2 heteroatoms. The normalized spacial score (nSPS) is 10.7. The second kappa shape index (κ2) is 7.86. The van der Waals surface area contributed by atoms with Crippen LogP contribution in [-0.2, 0) is 0 Å². The molecule has 0 N–H and O–H groups in total. The summed E-state index contributed by atoms with van der Waals surface area (Å²) in [5.74, 6) is 0. The summed E-state index contributed by atoms with van der Waals surface area (Å²) in [4.78, 5) is 3.40. The molecule has 26 heavy (non-hydrogen) atoms. The molecule has 0 atom stereocenters. The van der Waals surface area contributed by atoms with E-state index in [1.165, 1.54) is 32.0 Å². The lowest BCUT2D eigenvalue weighted by Gasteiger charge is -2.17. The van der Waals surface area contributed by atoms with Crippen LogP contribution in [0.15, 0.2) is 118 Å². The molecule has 0 nitrogen and oxygen atoms in total. The average molecular weight is 371 g/mol. The Morgan fingerprint density at radius 1 is 0.538 bits per heavy atom. The maximum absolute atomic E-state index is 4.79. The van der Waals surface area contributed by atoms with E-state index in [0.717, 1.165) is 4.90 Å². The summed E-state index contributed by atoms with van der Waals surface area (Å²) in [6.07, 6.45) is 0. The fourth-order valence-corrected chi connectivity index (χ4v) is 4.39. The van der Waals surface area contributed by atoms with E-state index in [0.29, 0.717) is 0 Å². The number of hydrogen-bond donors (Lipinski definition) is 1. The van der Waals surface area contributed by atoms with Gasteiger partial charge in [-0.05, 0) is 34.9 Å². The minimum absolute atomic E-state index is 0.998. The molecule has 0 aliphatic carbocycles. The van der Waals surface area contributed by atoms with Gasteiger partial charge in [-0.15, -0.1) is 12.6 Å². The van der Waals surface area contributed by atoms with Gasteiger partial charge in [0.05, 0.1) is 0 Å². The summed E-state index contributed by atoms with van der Waals surface area (Å²) in [6.45, 7) is 0. The smallest absolute Gasteiger partial charge is 0.0340 e. The molecule has 0 aliphatic heterocycles. The van der Waals surface area contributed by atoms with Gasteiger partial charge in [0, 0.05) is 20.2 Å². The van der Waals surface area contributed by atoms with Crippen LogP contribution in [0, 0.1) is 0 Å². The lowest BCUT2D eigenvalue weighted by Crippen LogP contribution is -1.90. The maximum Gasteiger partial charge on any atom is 0.0340 e. The molecule has 0 unspecified atom stereocenters. The molecule has 0 heterocycles. The van der Waals surface area contributed by atoms with Crippen LogP contribution in [0.2, 0.25) is 0 Å². The highest BCUT2D eigenvalue weighted by molar-refractivity contribution is 8.00. The van der Waals surface area contributed by atoms with E-state index < -0.39 is 0 Å². The van der Waals surface area contributed by atoms with Gasteiger partial charge in [-0.1, -0.05) is 96.7 Å². The highest BCUT2D eigenvalue weighted by Gasteiger charge is 2.16. The summed E-state index contributed by atoms with van der Waals surface area (Å²) >= 11 is 6.56. The van der Waals surface area contributed by atoms with Crippen LogP contribution in [0.1, 0.15) is 0 Å². The molecule has 0 aliphatic rings. The molecule has 0 fully saturated rings. The first-order valence-electron chi connectivity index (χ1n) is 8.52. The van der Waals surface area contributed by atoms with Gasteiger partial charge in [0.15, 0.2) is 0 Å². The largest absolute Gasteiger partial charge is 0.142 e. The van der Waals surface area contributed by atoms with E-state index in [4.69, 9.17) is 12.6 Å². The van der Waals surface area contributed by atoms with Crippen molar-refractivity contribution in [3.8, 4) is 22.3 Å². The van der Waals surface area contributed by atoms with Crippen molar-refractivity contribution >= 4 is 24.4 Å². The van der Waals surface area contributed by atoms with E-state index in [9.17, 15) is 0 Å². The van der Waals surface area contributed by atoms with Crippen LogP contribution in [0.25, 0.3) is 22.3 Å². The van der Waals surface area contributed by atoms with E-state index in [1.807, 2.05) is 6.07 Å². The Hall–Kier alpha value is -2.42. The van der Waals surface area contributed by atoms with E-state index in [1.54, 1.807) is 11.8 Å². The zero-order chi connectivity index (χ0) is 17.8. The van der Waals surface area contributed by atoms with Gasteiger partial charge in [-0.3, -0.25) is 0 Å². The first-order chi connectivity index (χ1) is 12.8. The SMILES string of the molecule is Sc1ccc(-c2ccccc2)c(-c2ccccc2)c1Sc1ccccc1. The fourth-order valence-electron chi connectivity index (χ4n) is 3.03. The van der Waals surface area contributed by atoms with Gasteiger partial charge in [0.2, 0.25) is 0 Å². The van der Waals surface area contributed by atoms with Crippen molar-refractivity contribution < 1.29 is 0 Å². The summed E-state index contributed by atoms with van der Waals surface area (Å²) in [6, 6.07) is 35.9. The zero-order valence-electron chi connectivity index (χ0n) is 14.2. The minimum atomic E-state index is 0.998. The third-order valence-electron chi connectivity index (χ3n) is 4.25. The van der Waals surface area contributed by atoms with Crippen LogP contribution in [-0.4, -0.2) is 0 Å². The fraction of sp³-hybridized carbons (Fsp3) is 0. The van der Waals surface area contributed by atoms with Crippen molar-refractivity contribution in [3.05, 3.63) is 103 Å². The molecule has 4 aromatic rings. The van der Waals surface area contributed by atoms with Crippen molar-refractivity contribution in [1.82, 2.24) is 0 Å². The van der Waals surface area contributed by atoms with Crippen LogP contribution < -0.4 is 0 Å². The topological polar surface area (TPSA) is 0 Å². The van der Waals surface area contributed by atoms with Crippen LogP contribution >= 0.6 is 24.4 Å². The molecule has 0 saturated carbocycles. The van der Waals surface area contributed by atoms with Crippen LogP contribution in [0.4, 0.5) is 0 Å². The Morgan fingerprint density at radius 3 is 1.69 bits per heavy atom. The van der Waals surface area contributed by atoms with Gasteiger partial charge < -0.3 is 0 Å². The molecule has 0 radical (unpaired) electrons.